The van der Waals surface area contributed by atoms with E-state index >= 15 is 0 Å². The number of aliphatic hydroxyl groups is 1. The van der Waals surface area contributed by atoms with Gasteiger partial charge in [-0.1, -0.05) is 13.3 Å². The van der Waals surface area contributed by atoms with Crippen molar-refractivity contribution in [2.45, 2.75) is 46.5 Å². The SMILES string of the molecule is CCCC(CCO)CN=C(NCC)NCCCN(C)S(=O)(=O)CC. The molecular formula is C16H36N4O3S. The van der Waals surface area contributed by atoms with Crippen LogP contribution in [0.25, 0.3) is 0 Å². The Morgan fingerprint density at radius 2 is 1.92 bits per heavy atom. The maximum Gasteiger partial charge on any atom is 0.213 e. The zero-order valence-electron chi connectivity index (χ0n) is 15.7. The summed E-state index contributed by atoms with van der Waals surface area (Å²) in [6, 6.07) is 0. The Morgan fingerprint density at radius 3 is 2.46 bits per heavy atom. The first kappa shape index (κ1) is 23.1. The minimum Gasteiger partial charge on any atom is -0.396 e. The number of rotatable bonds is 13. The predicted molar refractivity (Wildman–Crippen MR) is 101 cm³/mol. The lowest BCUT2D eigenvalue weighted by Crippen LogP contribution is -2.39. The Kier molecular flexibility index (Phi) is 13.0. The van der Waals surface area contributed by atoms with Crippen molar-refractivity contribution < 1.29 is 13.5 Å². The Labute approximate surface area is 148 Å². The second-order valence-electron chi connectivity index (χ2n) is 5.89. The van der Waals surface area contributed by atoms with Crippen LogP contribution in [0.15, 0.2) is 4.99 Å². The van der Waals surface area contributed by atoms with Gasteiger partial charge in [0.25, 0.3) is 0 Å². The third-order valence-corrected chi connectivity index (χ3v) is 5.73. The normalized spacial score (nSPS) is 14.0. The van der Waals surface area contributed by atoms with E-state index in [4.69, 9.17) is 5.11 Å². The number of nitrogens with one attached hydrogen (secondary N) is 2. The van der Waals surface area contributed by atoms with Crippen LogP contribution < -0.4 is 10.6 Å². The molecule has 0 spiro atoms. The number of hydrogen-bond donors (Lipinski definition) is 3. The highest BCUT2D eigenvalue weighted by Crippen LogP contribution is 2.10. The van der Waals surface area contributed by atoms with Crippen LogP contribution in [0.1, 0.15) is 46.5 Å². The van der Waals surface area contributed by atoms with Gasteiger partial charge in [0.1, 0.15) is 0 Å². The van der Waals surface area contributed by atoms with Gasteiger partial charge in [-0.15, -0.1) is 0 Å². The molecule has 0 aromatic heterocycles. The Bertz CT molecular complexity index is 435. The molecule has 0 radical (unpaired) electrons. The lowest BCUT2D eigenvalue weighted by molar-refractivity contribution is 0.253. The Morgan fingerprint density at radius 1 is 1.21 bits per heavy atom. The maximum absolute atomic E-state index is 11.7. The van der Waals surface area contributed by atoms with Crippen LogP contribution in [0.2, 0.25) is 0 Å². The van der Waals surface area contributed by atoms with E-state index in [1.165, 1.54) is 4.31 Å². The topological polar surface area (TPSA) is 94.0 Å². The second-order valence-corrected chi connectivity index (χ2v) is 8.25. The summed E-state index contributed by atoms with van der Waals surface area (Å²) in [6.07, 6.45) is 3.64. The summed E-state index contributed by atoms with van der Waals surface area (Å²) < 4.78 is 24.8. The second kappa shape index (κ2) is 13.4. The van der Waals surface area contributed by atoms with Gasteiger partial charge >= 0.3 is 0 Å². The minimum absolute atomic E-state index is 0.130. The Balaban J connectivity index is 4.35. The molecule has 0 heterocycles. The molecule has 0 amide bonds. The van der Waals surface area contributed by atoms with Crippen LogP contribution >= 0.6 is 0 Å². The molecule has 8 heteroatoms. The molecule has 0 aromatic carbocycles. The van der Waals surface area contributed by atoms with E-state index in [-0.39, 0.29) is 12.4 Å². The van der Waals surface area contributed by atoms with Gasteiger partial charge in [0.05, 0.1) is 5.75 Å². The molecule has 144 valence electrons. The molecule has 0 aliphatic heterocycles. The molecule has 0 bridgehead atoms. The molecule has 0 fully saturated rings. The van der Waals surface area contributed by atoms with Crippen molar-refractivity contribution in [3.63, 3.8) is 0 Å². The predicted octanol–water partition coefficient (Wildman–Crippen LogP) is 1.01. The van der Waals surface area contributed by atoms with Crippen molar-refractivity contribution in [2.24, 2.45) is 10.9 Å². The molecule has 0 saturated carbocycles. The first-order chi connectivity index (χ1) is 11.4. The number of nitrogens with zero attached hydrogens (tertiary/aromatic N) is 2. The van der Waals surface area contributed by atoms with Gasteiger partial charge in [0, 0.05) is 39.8 Å². The lowest BCUT2D eigenvalue weighted by atomic mass is 10.0. The van der Waals surface area contributed by atoms with Crippen molar-refractivity contribution >= 4 is 16.0 Å². The highest BCUT2D eigenvalue weighted by atomic mass is 32.2. The van der Waals surface area contributed by atoms with E-state index in [9.17, 15) is 8.42 Å². The number of hydrogen-bond acceptors (Lipinski definition) is 4. The van der Waals surface area contributed by atoms with Gasteiger partial charge in [-0.25, -0.2) is 12.7 Å². The molecule has 1 unspecified atom stereocenters. The number of aliphatic hydroxyl groups excluding tert-OH is 1. The fourth-order valence-electron chi connectivity index (χ4n) is 2.35. The first-order valence-electron chi connectivity index (χ1n) is 8.98. The Hall–Kier alpha value is -0.860. The third-order valence-electron chi connectivity index (χ3n) is 3.87. The van der Waals surface area contributed by atoms with Crippen molar-refractivity contribution in [2.75, 3.05) is 45.6 Å². The minimum atomic E-state index is -3.11. The molecule has 24 heavy (non-hydrogen) atoms. The van der Waals surface area contributed by atoms with Crippen LogP contribution in [0, 0.1) is 5.92 Å². The van der Waals surface area contributed by atoms with Gasteiger partial charge in [0.15, 0.2) is 5.96 Å². The molecule has 0 saturated heterocycles. The first-order valence-corrected chi connectivity index (χ1v) is 10.6. The van der Waals surface area contributed by atoms with E-state index in [2.05, 4.69) is 22.5 Å². The van der Waals surface area contributed by atoms with E-state index in [1.54, 1.807) is 14.0 Å². The zero-order chi connectivity index (χ0) is 18.4. The van der Waals surface area contributed by atoms with Gasteiger partial charge in [0.2, 0.25) is 10.0 Å². The smallest absolute Gasteiger partial charge is 0.213 e. The van der Waals surface area contributed by atoms with Crippen molar-refractivity contribution in [3.05, 3.63) is 0 Å². The molecule has 0 aliphatic carbocycles. The summed E-state index contributed by atoms with van der Waals surface area (Å²) in [5.41, 5.74) is 0. The fraction of sp³-hybridized carbons (Fsp3) is 0.938. The summed E-state index contributed by atoms with van der Waals surface area (Å²) in [5, 5.41) is 15.5. The zero-order valence-corrected chi connectivity index (χ0v) is 16.5. The molecule has 0 aromatic rings. The monoisotopic (exact) mass is 364 g/mol. The van der Waals surface area contributed by atoms with Crippen LogP contribution in [0.4, 0.5) is 0 Å². The lowest BCUT2D eigenvalue weighted by Gasteiger charge is -2.17. The van der Waals surface area contributed by atoms with Crippen LogP contribution in [-0.4, -0.2) is 69.4 Å². The summed E-state index contributed by atoms with van der Waals surface area (Å²) in [6.45, 7) is 8.61. The van der Waals surface area contributed by atoms with Crippen LogP contribution in [0.5, 0.6) is 0 Å². The van der Waals surface area contributed by atoms with E-state index in [0.29, 0.717) is 25.6 Å². The summed E-state index contributed by atoms with van der Waals surface area (Å²) >= 11 is 0. The molecular weight excluding hydrogens is 328 g/mol. The van der Waals surface area contributed by atoms with Crippen molar-refractivity contribution in [1.82, 2.24) is 14.9 Å². The van der Waals surface area contributed by atoms with Crippen LogP contribution in [-0.2, 0) is 10.0 Å². The average molecular weight is 365 g/mol. The van der Waals surface area contributed by atoms with E-state index in [0.717, 1.165) is 38.2 Å². The summed E-state index contributed by atoms with van der Waals surface area (Å²) in [5.74, 6) is 1.28. The molecule has 0 aliphatic rings. The highest BCUT2D eigenvalue weighted by molar-refractivity contribution is 7.89. The molecule has 3 N–H and O–H groups in total. The maximum atomic E-state index is 11.7. The van der Waals surface area contributed by atoms with Crippen molar-refractivity contribution in [1.29, 1.82) is 0 Å². The molecule has 1 atom stereocenters. The van der Waals surface area contributed by atoms with Gasteiger partial charge in [-0.05, 0) is 39.0 Å². The van der Waals surface area contributed by atoms with E-state index in [1.807, 2.05) is 6.92 Å². The molecule has 7 nitrogen and oxygen atoms in total. The molecule has 0 rings (SSSR count). The standard InChI is InChI=1S/C16H36N4O3S/c1-5-9-15(10-13-21)14-19-16(17-6-2)18-11-8-12-20(4)24(22,23)7-3/h15,21H,5-14H2,1-4H3,(H2,17,18,19). The number of sulfonamides is 1. The van der Waals surface area contributed by atoms with E-state index < -0.39 is 10.0 Å². The van der Waals surface area contributed by atoms with Crippen molar-refractivity contribution in [3.8, 4) is 0 Å². The summed E-state index contributed by atoms with van der Waals surface area (Å²) in [7, 11) is -1.49. The average Bonchev–Trinajstić information content (AvgIpc) is 2.56. The third kappa shape index (κ3) is 10.1. The van der Waals surface area contributed by atoms with Crippen LogP contribution in [0.3, 0.4) is 0 Å². The van der Waals surface area contributed by atoms with Gasteiger partial charge < -0.3 is 15.7 Å². The largest absolute Gasteiger partial charge is 0.396 e. The highest BCUT2D eigenvalue weighted by Gasteiger charge is 2.14. The quantitative estimate of drug-likeness (QED) is 0.258. The number of aliphatic imine (C=N–C) groups is 1. The summed E-state index contributed by atoms with van der Waals surface area (Å²) in [4.78, 5) is 4.58. The van der Waals surface area contributed by atoms with Gasteiger partial charge in [-0.2, -0.15) is 0 Å². The number of guanidine groups is 1. The fourth-order valence-corrected chi connectivity index (χ4v) is 3.20. The van der Waals surface area contributed by atoms with Gasteiger partial charge in [-0.3, -0.25) is 4.99 Å².